The van der Waals surface area contributed by atoms with Crippen molar-refractivity contribution < 1.29 is 13.8 Å². The zero-order valence-electron chi connectivity index (χ0n) is 10.3. The third-order valence-corrected chi connectivity index (χ3v) is 3.67. The third-order valence-electron chi connectivity index (χ3n) is 2.86. The Morgan fingerprint density at radius 3 is 2.88 bits per heavy atom. The zero-order valence-corrected chi connectivity index (χ0v) is 11.1. The van der Waals surface area contributed by atoms with Gasteiger partial charge in [-0.2, -0.15) is 0 Å². The quantitative estimate of drug-likeness (QED) is 0.718. The minimum absolute atomic E-state index is 0.0145. The topological polar surface area (TPSA) is 75.3 Å². The molecule has 0 spiro atoms. The smallest absolute Gasteiger partial charge is 0.225 e. The molecule has 0 aliphatic carbocycles. The molecule has 0 aromatic heterocycles. The van der Waals surface area contributed by atoms with E-state index in [9.17, 15) is 13.8 Å². The van der Waals surface area contributed by atoms with Crippen LogP contribution in [0.2, 0.25) is 0 Å². The average Bonchev–Trinajstić information content (AvgIpc) is 2.27. The Morgan fingerprint density at radius 1 is 1.65 bits per heavy atom. The predicted octanol–water partition coefficient (Wildman–Crippen LogP) is -0.214. The number of piperidine rings is 1. The van der Waals surface area contributed by atoms with E-state index in [4.69, 9.17) is 0 Å². The number of amides is 2. The summed E-state index contributed by atoms with van der Waals surface area (Å²) < 4.78 is 10.9. The first-order chi connectivity index (χ1) is 7.99. The highest BCUT2D eigenvalue weighted by molar-refractivity contribution is 7.84. The second kappa shape index (κ2) is 6.74. The molecular formula is C11H20N2O3S. The molecule has 17 heavy (non-hydrogen) atoms. The molecule has 3 unspecified atom stereocenters. The summed E-state index contributed by atoms with van der Waals surface area (Å²) >= 11 is 0. The molecule has 1 fully saturated rings. The minimum Gasteiger partial charge on any atom is -0.355 e. The number of nitrogens with one attached hydrogen (secondary N) is 2. The van der Waals surface area contributed by atoms with Crippen LogP contribution in [0.5, 0.6) is 0 Å². The van der Waals surface area contributed by atoms with Gasteiger partial charge in [-0.3, -0.25) is 13.8 Å². The molecule has 0 radical (unpaired) electrons. The second-order valence-corrected chi connectivity index (χ2v) is 6.07. The fraction of sp³-hybridized carbons (Fsp3) is 0.818. The van der Waals surface area contributed by atoms with Crippen molar-refractivity contribution in [2.75, 3.05) is 18.6 Å². The Bertz CT molecular complexity index is 310. The molecule has 0 aromatic carbocycles. The van der Waals surface area contributed by atoms with E-state index in [1.807, 2.05) is 6.92 Å². The number of carbonyl (C=O) groups is 2. The highest BCUT2D eigenvalue weighted by Gasteiger charge is 2.25. The van der Waals surface area contributed by atoms with Crippen molar-refractivity contribution in [3.05, 3.63) is 0 Å². The first kappa shape index (κ1) is 14.2. The lowest BCUT2D eigenvalue weighted by molar-refractivity contribution is -0.129. The van der Waals surface area contributed by atoms with Crippen molar-refractivity contribution >= 4 is 22.6 Å². The van der Waals surface area contributed by atoms with Crippen LogP contribution < -0.4 is 10.6 Å². The van der Waals surface area contributed by atoms with Crippen molar-refractivity contribution in [3.63, 3.8) is 0 Å². The van der Waals surface area contributed by atoms with Crippen LogP contribution in [0.4, 0.5) is 0 Å². The Labute approximate surface area is 104 Å². The SMILES string of the molecule is CC(CCS(C)=O)NC(=O)C1CCC(=O)NC1. The van der Waals surface area contributed by atoms with E-state index in [0.717, 1.165) is 0 Å². The van der Waals surface area contributed by atoms with Crippen LogP contribution in [0.25, 0.3) is 0 Å². The first-order valence-corrected chi connectivity index (χ1v) is 7.59. The third kappa shape index (κ3) is 5.30. The van der Waals surface area contributed by atoms with Crippen LogP contribution >= 0.6 is 0 Å². The van der Waals surface area contributed by atoms with Gasteiger partial charge in [0.2, 0.25) is 11.8 Å². The van der Waals surface area contributed by atoms with Gasteiger partial charge in [0.25, 0.3) is 0 Å². The van der Waals surface area contributed by atoms with Gasteiger partial charge in [0.05, 0.1) is 5.92 Å². The van der Waals surface area contributed by atoms with Gasteiger partial charge in [-0.25, -0.2) is 0 Å². The molecule has 1 saturated heterocycles. The molecule has 3 atom stereocenters. The Balaban J connectivity index is 2.28. The summed E-state index contributed by atoms with van der Waals surface area (Å²) in [4.78, 5) is 22.8. The van der Waals surface area contributed by atoms with E-state index in [1.165, 1.54) is 0 Å². The lowest BCUT2D eigenvalue weighted by atomic mass is 9.98. The van der Waals surface area contributed by atoms with E-state index in [0.29, 0.717) is 31.6 Å². The predicted molar refractivity (Wildman–Crippen MR) is 66.9 cm³/mol. The maximum Gasteiger partial charge on any atom is 0.225 e. The van der Waals surface area contributed by atoms with Crippen LogP contribution in [0.15, 0.2) is 0 Å². The summed E-state index contributed by atoms with van der Waals surface area (Å²) in [5, 5.41) is 5.58. The number of hydrogen-bond donors (Lipinski definition) is 2. The van der Waals surface area contributed by atoms with E-state index in [1.54, 1.807) is 6.26 Å². The molecule has 0 bridgehead atoms. The maximum absolute atomic E-state index is 11.8. The Hall–Kier alpha value is -0.910. The lowest BCUT2D eigenvalue weighted by Crippen LogP contribution is -2.45. The van der Waals surface area contributed by atoms with Crippen LogP contribution in [0.3, 0.4) is 0 Å². The van der Waals surface area contributed by atoms with Crippen molar-refractivity contribution in [2.45, 2.75) is 32.2 Å². The number of rotatable bonds is 5. The zero-order chi connectivity index (χ0) is 12.8. The monoisotopic (exact) mass is 260 g/mol. The Morgan fingerprint density at radius 2 is 2.35 bits per heavy atom. The molecule has 98 valence electrons. The standard InChI is InChI=1S/C11H20N2O3S/c1-8(5-6-17(2)16)13-11(15)9-3-4-10(14)12-7-9/h8-9H,3-7H2,1-2H3,(H,12,14)(H,13,15). The van der Waals surface area contributed by atoms with Gasteiger partial charge in [0.15, 0.2) is 0 Å². The van der Waals surface area contributed by atoms with E-state index in [-0.39, 0.29) is 23.8 Å². The molecule has 1 heterocycles. The number of hydrogen-bond acceptors (Lipinski definition) is 3. The molecule has 0 aromatic rings. The molecule has 1 aliphatic heterocycles. The van der Waals surface area contributed by atoms with Gasteiger partial charge < -0.3 is 10.6 Å². The molecule has 2 amide bonds. The van der Waals surface area contributed by atoms with Crippen molar-refractivity contribution in [1.82, 2.24) is 10.6 Å². The summed E-state index contributed by atoms with van der Waals surface area (Å²) in [5.74, 6) is 0.480. The van der Waals surface area contributed by atoms with E-state index < -0.39 is 10.8 Å². The highest BCUT2D eigenvalue weighted by Crippen LogP contribution is 2.11. The van der Waals surface area contributed by atoms with E-state index in [2.05, 4.69) is 10.6 Å². The molecule has 1 rings (SSSR count). The van der Waals surface area contributed by atoms with Gasteiger partial charge in [-0.1, -0.05) is 0 Å². The van der Waals surface area contributed by atoms with Gasteiger partial charge in [0.1, 0.15) is 0 Å². The van der Waals surface area contributed by atoms with Crippen LogP contribution in [-0.4, -0.2) is 40.6 Å². The van der Waals surface area contributed by atoms with Gasteiger partial charge in [-0.05, 0) is 19.8 Å². The van der Waals surface area contributed by atoms with Gasteiger partial charge >= 0.3 is 0 Å². The molecule has 5 nitrogen and oxygen atoms in total. The number of carbonyl (C=O) groups excluding carboxylic acids is 2. The van der Waals surface area contributed by atoms with Crippen LogP contribution in [0, 0.1) is 5.92 Å². The minimum atomic E-state index is -0.819. The second-order valence-electron chi connectivity index (χ2n) is 4.52. The summed E-state index contributed by atoms with van der Waals surface area (Å²) in [6.45, 7) is 2.34. The maximum atomic E-state index is 11.8. The molecule has 6 heteroatoms. The molecule has 0 saturated carbocycles. The molecule has 2 N–H and O–H groups in total. The van der Waals surface area contributed by atoms with Crippen molar-refractivity contribution in [1.29, 1.82) is 0 Å². The van der Waals surface area contributed by atoms with Gasteiger partial charge in [-0.15, -0.1) is 0 Å². The summed E-state index contributed by atoms with van der Waals surface area (Å²) in [5.41, 5.74) is 0. The lowest BCUT2D eigenvalue weighted by Gasteiger charge is -2.23. The Kier molecular flexibility index (Phi) is 5.61. The largest absolute Gasteiger partial charge is 0.355 e. The van der Waals surface area contributed by atoms with E-state index >= 15 is 0 Å². The van der Waals surface area contributed by atoms with Crippen molar-refractivity contribution in [3.8, 4) is 0 Å². The normalized spacial score (nSPS) is 23.6. The van der Waals surface area contributed by atoms with Crippen LogP contribution in [-0.2, 0) is 20.4 Å². The molecule has 1 aliphatic rings. The molecular weight excluding hydrogens is 240 g/mol. The summed E-state index contributed by atoms with van der Waals surface area (Å²) in [6.07, 6.45) is 3.41. The average molecular weight is 260 g/mol. The van der Waals surface area contributed by atoms with Crippen LogP contribution in [0.1, 0.15) is 26.2 Å². The fourth-order valence-corrected chi connectivity index (χ4v) is 2.42. The van der Waals surface area contributed by atoms with Crippen molar-refractivity contribution in [2.24, 2.45) is 5.92 Å². The summed E-state index contributed by atoms with van der Waals surface area (Å²) in [7, 11) is -0.819. The van der Waals surface area contributed by atoms with Gasteiger partial charge in [0, 0.05) is 41.8 Å². The fourth-order valence-electron chi connectivity index (χ4n) is 1.73. The first-order valence-electron chi connectivity index (χ1n) is 5.86. The summed E-state index contributed by atoms with van der Waals surface area (Å²) in [6, 6.07) is 0.0315. The highest BCUT2D eigenvalue weighted by atomic mass is 32.2.